The van der Waals surface area contributed by atoms with Gasteiger partial charge in [-0.25, -0.2) is 5.43 Å². The van der Waals surface area contributed by atoms with Gasteiger partial charge in [0.2, 0.25) is 6.79 Å². The number of hydrogen-bond donors (Lipinski definition) is 1. The minimum absolute atomic E-state index is 0.194. The van der Waals surface area contributed by atoms with Crippen LogP contribution in [0.1, 0.15) is 40.7 Å². The molecule has 1 N–H and O–H groups in total. The summed E-state index contributed by atoms with van der Waals surface area (Å²) in [5, 5.41) is 4.40. The molecule has 5 nitrogen and oxygen atoms in total. The molecular formula is C19H18N2O3. The Hall–Kier alpha value is -2.82. The second-order valence-corrected chi connectivity index (χ2v) is 5.93. The van der Waals surface area contributed by atoms with Crippen LogP contribution in [-0.4, -0.2) is 18.4 Å². The molecule has 1 amide bonds. The fourth-order valence-corrected chi connectivity index (χ4v) is 3.10. The number of nitrogens with one attached hydrogen (secondary N) is 1. The molecule has 0 bridgehead atoms. The summed E-state index contributed by atoms with van der Waals surface area (Å²) < 4.78 is 10.6. The van der Waals surface area contributed by atoms with Crippen LogP contribution in [0.5, 0.6) is 11.5 Å². The fraction of sp³-hybridized carbons (Fsp3) is 0.263. The molecule has 1 aliphatic carbocycles. The quantitative estimate of drug-likeness (QED) is 0.682. The average Bonchev–Trinajstić information content (AvgIpc) is 2.99. The molecule has 2 aromatic rings. The predicted octanol–water partition coefficient (Wildman–Crippen LogP) is 3.28. The maximum Gasteiger partial charge on any atom is 0.271 e. The molecule has 0 saturated heterocycles. The van der Waals surface area contributed by atoms with Crippen LogP contribution in [0.3, 0.4) is 0 Å². The van der Waals surface area contributed by atoms with Crippen LogP contribution >= 0.6 is 0 Å². The first-order chi connectivity index (χ1) is 11.8. The molecule has 0 atom stereocenters. The molecule has 122 valence electrons. The van der Waals surface area contributed by atoms with E-state index >= 15 is 0 Å². The second kappa shape index (κ2) is 6.35. The molecule has 4 rings (SSSR count). The first-order valence-electron chi connectivity index (χ1n) is 8.16. The summed E-state index contributed by atoms with van der Waals surface area (Å²) in [4.78, 5) is 12.4. The zero-order valence-electron chi connectivity index (χ0n) is 13.2. The van der Waals surface area contributed by atoms with Gasteiger partial charge in [-0.15, -0.1) is 0 Å². The van der Waals surface area contributed by atoms with Crippen LogP contribution in [0.4, 0.5) is 0 Å². The summed E-state index contributed by atoms with van der Waals surface area (Å²) >= 11 is 0. The first-order valence-corrected chi connectivity index (χ1v) is 8.16. The van der Waals surface area contributed by atoms with E-state index in [1.165, 1.54) is 5.56 Å². The molecule has 0 saturated carbocycles. The number of fused-ring (bicyclic) bond motifs is 2. The van der Waals surface area contributed by atoms with Gasteiger partial charge in [-0.3, -0.25) is 4.79 Å². The van der Waals surface area contributed by atoms with Gasteiger partial charge in [-0.05, 0) is 49.4 Å². The normalized spacial score (nSPS) is 17.2. The third-order valence-electron chi connectivity index (χ3n) is 4.37. The molecule has 0 fully saturated rings. The maximum absolute atomic E-state index is 12.4. The van der Waals surface area contributed by atoms with Crippen molar-refractivity contribution in [2.45, 2.75) is 25.7 Å². The number of rotatable bonds is 2. The smallest absolute Gasteiger partial charge is 0.271 e. The monoisotopic (exact) mass is 322 g/mol. The molecule has 1 heterocycles. The van der Waals surface area contributed by atoms with Crippen molar-refractivity contribution in [3.8, 4) is 11.5 Å². The van der Waals surface area contributed by atoms with Crippen LogP contribution in [-0.2, 0) is 6.42 Å². The number of hydrazone groups is 1. The lowest BCUT2D eigenvalue weighted by atomic mass is 10.0. The molecule has 0 aromatic heterocycles. The number of carbonyl (C=O) groups is 1. The van der Waals surface area contributed by atoms with Crippen LogP contribution in [0, 0.1) is 0 Å². The fourth-order valence-electron chi connectivity index (χ4n) is 3.10. The van der Waals surface area contributed by atoms with Crippen LogP contribution < -0.4 is 14.9 Å². The Bertz CT molecular complexity index is 814. The summed E-state index contributed by atoms with van der Waals surface area (Å²) in [6.07, 6.45) is 4.16. The molecular weight excluding hydrogens is 304 g/mol. The van der Waals surface area contributed by atoms with E-state index in [-0.39, 0.29) is 12.7 Å². The lowest BCUT2D eigenvalue weighted by Gasteiger charge is -2.08. The molecule has 0 spiro atoms. The Balaban J connectivity index is 1.55. The van der Waals surface area contributed by atoms with Gasteiger partial charge in [0.1, 0.15) is 0 Å². The number of nitrogens with zero attached hydrogens (tertiary/aromatic N) is 1. The van der Waals surface area contributed by atoms with Crippen molar-refractivity contribution in [1.82, 2.24) is 5.43 Å². The molecule has 1 aliphatic heterocycles. The third-order valence-corrected chi connectivity index (χ3v) is 4.37. The van der Waals surface area contributed by atoms with E-state index in [0.717, 1.165) is 37.0 Å². The lowest BCUT2D eigenvalue weighted by molar-refractivity contribution is 0.0954. The van der Waals surface area contributed by atoms with Crippen LogP contribution in [0.25, 0.3) is 0 Å². The van der Waals surface area contributed by atoms with Gasteiger partial charge in [-0.1, -0.05) is 24.3 Å². The molecule has 2 aliphatic rings. The summed E-state index contributed by atoms with van der Waals surface area (Å²) in [5.41, 5.74) is 6.57. The van der Waals surface area contributed by atoms with E-state index in [9.17, 15) is 4.79 Å². The van der Waals surface area contributed by atoms with Gasteiger partial charge >= 0.3 is 0 Å². The van der Waals surface area contributed by atoms with Gasteiger partial charge in [0, 0.05) is 11.1 Å². The topological polar surface area (TPSA) is 59.9 Å². The number of benzene rings is 2. The zero-order chi connectivity index (χ0) is 16.4. The van der Waals surface area contributed by atoms with Crippen molar-refractivity contribution >= 4 is 11.6 Å². The number of amides is 1. The molecule has 5 heteroatoms. The van der Waals surface area contributed by atoms with E-state index in [0.29, 0.717) is 17.1 Å². The Morgan fingerprint density at radius 3 is 2.79 bits per heavy atom. The van der Waals surface area contributed by atoms with Crippen molar-refractivity contribution in [3.63, 3.8) is 0 Å². The van der Waals surface area contributed by atoms with Gasteiger partial charge in [0.15, 0.2) is 11.5 Å². The van der Waals surface area contributed by atoms with Crippen LogP contribution in [0.15, 0.2) is 47.6 Å². The minimum Gasteiger partial charge on any atom is -0.454 e. The molecule has 0 radical (unpaired) electrons. The standard InChI is InChI=1S/C19H18N2O3/c22-19(14-9-10-17-18(11-14)24-12-23-17)21-20-16-8-4-2-6-13-5-1-3-7-15(13)16/h1,3,5,7,9-11H,2,4,6,8,12H2,(H,21,22)/b20-16+. The second-order valence-electron chi connectivity index (χ2n) is 5.93. The van der Waals surface area contributed by atoms with Gasteiger partial charge in [0.05, 0.1) is 5.71 Å². The minimum atomic E-state index is -0.248. The highest BCUT2D eigenvalue weighted by atomic mass is 16.7. The Morgan fingerprint density at radius 1 is 1.00 bits per heavy atom. The number of aryl methyl sites for hydroxylation is 1. The highest BCUT2D eigenvalue weighted by Crippen LogP contribution is 2.32. The first kappa shape index (κ1) is 14.8. The lowest BCUT2D eigenvalue weighted by Crippen LogP contribution is -2.20. The third kappa shape index (κ3) is 2.85. The van der Waals surface area contributed by atoms with Crippen LogP contribution in [0.2, 0.25) is 0 Å². The number of carbonyl (C=O) groups excluding carboxylic acids is 1. The van der Waals surface area contributed by atoms with Crippen molar-refractivity contribution in [1.29, 1.82) is 0 Å². The van der Waals surface area contributed by atoms with E-state index < -0.39 is 0 Å². The van der Waals surface area contributed by atoms with Crippen molar-refractivity contribution < 1.29 is 14.3 Å². The van der Waals surface area contributed by atoms with E-state index in [2.05, 4.69) is 22.7 Å². The summed E-state index contributed by atoms with van der Waals surface area (Å²) in [5.74, 6) is 1.01. The number of hydrogen-bond acceptors (Lipinski definition) is 4. The van der Waals surface area contributed by atoms with Crippen molar-refractivity contribution in [3.05, 3.63) is 59.2 Å². The Labute approximate surface area is 140 Å². The predicted molar refractivity (Wildman–Crippen MR) is 90.6 cm³/mol. The zero-order valence-corrected chi connectivity index (χ0v) is 13.2. The summed E-state index contributed by atoms with van der Waals surface area (Å²) in [6.45, 7) is 0.194. The van der Waals surface area contributed by atoms with Crippen molar-refractivity contribution in [2.75, 3.05) is 6.79 Å². The molecule has 24 heavy (non-hydrogen) atoms. The Morgan fingerprint density at radius 2 is 1.83 bits per heavy atom. The van der Waals surface area contributed by atoms with Gasteiger partial charge < -0.3 is 9.47 Å². The summed E-state index contributed by atoms with van der Waals surface area (Å²) in [6, 6.07) is 13.4. The molecule has 0 unspecified atom stereocenters. The SMILES string of the molecule is O=C(N/N=C1\CCCCc2ccccc21)c1ccc2c(c1)OCO2. The highest BCUT2D eigenvalue weighted by molar-refractivity contribution is 6.03. The number of ether oxygens (including phenoxy) is 2. The largest absolute Gasteiger partial charge is 0.454 e. The van der Waals surface area contributed by atoms with E-state index in [1.807, 2.05) is 12.1 Å². The van der Waals surface area contributed by atoms with Crippen molar-refractivity contribution in [2.24, 2.45) is 5.10 Å². The highest BCUT2D eigenvalue weighted by Gasteiger charge is 2.17. The summed E-state index contributed by atoms with van der Waals surface area (Å²) in [7, 11) is 0. The van der Waals surface area contributed by atoms with E-state index in [4.69, 9.17) is 9.47 Å². The maximum atomic E-state index is 12.4. The van der Waals surface area contributed by atoms with Gasteiger partial charge in [0.25, 0.3) is 5.91 Å². The van der Waals surface area contributed by atoms with E-state index in [1.54, 1.807) is 18.2 Å². The Kier molecular flexibility index (Phi) is 3.91. The molecule has 2 aromatic carbocycles. The average molecular weight is 322 g/mol. The van der Waals surface area contributed by atoms with Gasteiger partial charge in [-0.2, -0.15) is 5.10 Å².